The third-order valence-corrected chi connectivity index (χ3v) is 6.18. The van der Waals surface area contributed by atoms with Crippen molar-refractivity contribution < 1.29 is 23.7 Å². The SMILES string of the molecule is NS(=O)(=O)c1ccc(-c2ccc(CCCN3CC(O)C(O)C3CO)cc2)cc1. The smallest absolute Gasteiger partial charge is 0.238 e. The molecule has 0 radical (unpaired) electrons. The minimum Gasteiger partial charge on any atom is -0.395 e. The van der Waals surface area contributed by atoms with Gasteiger partial charge < -0.3 is 15.3 Å². The fraction of sp³-hybridized carbons (Fsp3) is 0.400. The van der Waals surface area contributed by atoms with Crippen LogP contribution in [0.3, 0.4) is 0 Å². The number of hydrogen-bond donors (Lipinski definition) is 4. The average Bonchev–Trinajstić information content (AvgIpc) is 2.95. The van der Waals surface area contributed by atoms with Gasteiger partial charge in [0, 0.05) is 6.54 Å². The van der Waals surface area contributed by atoms with Gasteiger partial charge >= 0.3 is 0 Å². The number of hydrogen-bond acceptors (Lipinski definition) is 6. The first kappa shape index (κ1) is 20.9. The summed E-state index contributed by atoms with van der Waals surface area (Å²) >= 11 is 0. The molecule has 3 unspecified atom stereocenters. The first-order valence-corrected chi connectivity index (χ1v) is 10.8. The van der Waals surface area contributed by atoms with Gasteiger partial charge in [0.15, 0.2) is 0 Å². The van der Waals surface area contributed by atoms with Crippen LogP contribution in [0.25, 0.3) is 11.1 Å². The first-order valence-electron chi connectivity index (χ1n) is 9.23. The van der Waals surface area contributed by atoms with E-state index in [-0.39, 0.29) is 11.5 Å². The molecule has 1 fully saturated rings. The molecule has 8 heteroatoms. The fourth-order valence-corrected chi connectivity index (χ4v) is 4.14. The summed E-state index contributed by atoms with van der Waals surface area (Å²) in [6.45, 7) is 0.896. The zero-order valence-electron chi connectivity index (χ0n) is 15.5. The molecule has 1 saturated heterocycles. The van der Waals surface area contributed by atoms with Crippen LogP contribution in [0.4, 0.5) is 0 Å². The van der Waals surface area contributed by atoms with Gasteiger partial charge in [-0.15, -0.1) is 0 Å². The Kier molecular flexibility index (Phi) is 6.49. The van der Waals surface area contributed by atoms with E-state index in [0.717, 1.165) is 29.5 Å². The molecule has 0 amide bonds. The minimum atomic E-state index is -3.69. The number of aryl methyl sites for hydroxylation is 1. The number of aliphatic hydroxyl groups excluding tert-OH is 3. The molecule has 152 valence electrons. The second-order valence-corrected chi connectivity index (χ2v) is 8.73. The van der Waals surface area contributed by atoms with Gasteiger partial charge in [-0.25, -0.2) is 13.6 Å². The maximum atomic E-state index is 11.3. The molecule has 7 nitrogen and oxygen atoms in total. The zero-order chi connectivity index (χ0) is 20.3. The Morgan fingerprint density at radius 3 is 2.11 bits per heavy atom. The quantitative estimate of drug-likeness (QED) is 0.525. The number of benzene rings is 2. The maximum Gasteiger partial charge on any atom is 0.238 e. The highest BCUT2D eigenvalue weighted by Crippen LogP contribution is 2.23. The number of rotatable bonds is 7. The zero-order valence-corrected chi connectivity index (χ0v) is 16.3. The lowest BCUT2D eigenvalue weighted by molar-refractivity contribution is 0.0216. The highest BCUT2D eigenvalue weighted by Gasteiger charge is 2.38. The molecular weight excluding hydrogens is 380 g/mol. The van der Waals surface area contributed by atoms with Crippen LogP contribution in [-0.2, 0) is 16.4 Å². The van der Waals surface area contributed by atoms with Crippen molar-refractivity contribution in [3.63, 3.8) is 0 Å². The lowest BCUT2D eigenvalue weighted by Crippen LogP contribution is -2.39. The molecular formula is C20H26N2O5S. The van der Waals surface area contributed by atoms with Gasteiger partial charge in [-0.1, -0.05) is 36.4 Å². The van der Waals surface area contributed by atoms with E-state index in [1.807, 2.05) is 29.2 Å². The largest absolute Gasteiger partial charge is 0.395 e. The van der Waals surface area contributed by atoms with E-state index in [1.165, 1.54) is 12.1 Å². The van der Waals surface area contributed by atoms with Crippen molar-refractivity contribution in [3.05, 3.63) is 54.1 Å². The molecule has 2 aromatic rings. The highest BCUT2D eigenvalue weighted by atomic mass is 32.2. The standard InChI is InChI=1S/C20H26N2O5S/c21-28(26,27)17-9-7-16(8-10-17)15-5-3-14(4-6-15)2-1-11-22-12-19(24)20(25)18(22)13-23/h3-10,18-20,23-25H,1-2,11-13H2,(H2,21,26,27). The van der Waals surface area contributed by atoms with Crippen LogP contribution < -0.4 is 5.14 Å². The predicted octanol–water partition coefficient (Wildman–Crippen LogP) is 0.332. The summed E-state index contributed by atoms with van der Waals surface area (Å²) in [6.07, 6.45) is -0.0221. The normalized spacial score (nSPS) is 23.2. The summed E-state index contributed by atoms with van der Waals surface area (Å²) in [5.74, 6) is 0. The summed E-state index contributed by atoms with van der Waals surface area (Å²) in [5.41, 5.74) is 3.05. The first-order chi connectivity index (χ1) is 13.3. The Morgan fingerprint density at radius 1 is 1.00 bits per heavy atom. The lowest BCUT2D eigenvalue weighted by Gasteiger charge is -2.23. The van der Waals surface area contributed by atoms with Gasteiger partial charge in [0.05, 0.1) is 29.8 Å². The van der Waals surface area contributed by atoms with Gasteiger partial charge in [-0.2, -0.15) is 0 Å². The van der Waals surface area contributed by atoms with Crippen molar-refractivity contribution in [2.24, 2.45) is 5.14 Å². The molecule has 1 aliphatic rings. The molecule has 0 bridgehead atoms. The molecule has 0 spiro atoms. The molecule has 1 heterocycles. The number of primary sulfonamides is 1. The Morgan fingerprint density at radius 2 is 1.57 bits per heavy atom. The second kappa shape index (κ2) is 8.69. The van der Waals surface area contributed by atoms with Crippen molar-refractivity contribution >= 4 is 10.0 Å². The molecule has 0 saturated carbocycles. The van der Waals surface area contributed by atoms with Crippen LogP contribution in [0.1, 0.15) is 12.0 Å². The monoisotopic (exact) mass is 406 g/mol. The predicted molar refractivity (Wildman–Crippen MR) is 106 cm³/mol. The number of sulfonamides is 1. The second-order valence-electron chi connectivity index (χ2n) is 7.17. The van der Waals surface area contributed by atoms with Gasteiger partial charge in [0.1, 0.15) is 0 Å². The van der Waals surface area contributed by atoms with Crippen molar-refractivity contribution in [1.82, 2.24) is 4.90 Å². The van der Waals surface area contributed by atoms with Gasteiger partial charge in [0.25, 0.3) is 0 Å². The molecule has 2 aromatic carbocycles. The van der Waals surface area contributed by atoms with E-state index in [9.17, 15) is 23.7 Å². The Bertz CT molecular complexity index is 884. The van der Waals surface area contributed by atoms with Crippen molar-refractivity contribution in [2.45, 2.75) is 36.0 Å². The third kappa shape index (κ3) is 4.78. The van der Waals surface area contributed by atoms with Gasteiger partial charge in [-0.3, -0.25) is 4.90 Å². The van der Waals surface area contributed by atoms with E-state index in [4.69, 9.17) is 5.14 Å². The van der Waals surface area contributed by atoms with Crippen LogP contribution in [0.15, 0.2) is 53.4 Å². The lowest BCUT2D eigenvalue weighted by atomic mass is 10.0. The van der Waals surface area contributed by atoms with Crippen molar-refractivity contribution in [3.8, 4) is 11.1 Å². The number of aliphatic hydroxyl groups is 3. The average molecular weight is 407 g/mol. The third-order valence-electron chi connectivity index (χ3n) is 5.25. The molecule has 3 rings (SSSR count). The Balaban J connectivity index is 1.56. The van der Waals surface area contributed by atoms with Gasteiger partial charge in [-0.05, 0) is 48.2 Å². The summed E-state index contributed by atoms with van der Waals surface area (Å²) in [4.78, 5) is 2.02. The van der Waals surface area contributed by atoms with E-state index in [1.54, 1.807) is 12.1 Å². The number of β-amino-alcohol motifs (C(OH)–C–C–N with tert-alkyl or cyclic N) is 1. The van der Waals surface area contributed by atoms with Crippen molar-refractivity contribution in [2.75, 3.05) is 19.7 Å². The van der Waals surface area contributed by atoms with E-state index < -0.39 is 28.3 Å². The summed E-state index contributed by atoms with van der Waals surface area (Å²) in [6, 6.07) is 14.1. The molecule has 5 N–H and O–H groups in total. The molecule has 3 atom stereocenters. The molecule has 1 aliphatic heterocycles. The van der Waals surface area contributed by atoms with E-state index in [0.29, 0.717) is 13.1 Å². The molecule has 28 heavy (non-hydrogen) atoms. The van der Waals surface area contributed by atoms with Crippen LogP contribution in [0.2, 0.25) is 0 Å². The highest BCUT2D eigenvalue weighted by molar-refractivity contribution is 7.89. The fourth-order valence-electron chi connectivity index (χ4n) is 3.62. The number of likely N-dealkylation sites (tertiary alicyclic amines) is 1. The maximum absolute atomic E-state index is 11.3. The van der Waals surface area contributed by atoms with Crippen LogP contribution in [0, 0.1) is 0 Å². The molecule has 0 aromatic heterocycles. The van der Waals surface area contributed by atoms with Crippen LogP contribution in [-0.4, -0.2) is 66.6 Å². The summed E-state index contributed by atoms with van der Waals surface area (Å²) in [7, 11) is -3.69. The van der Waals surface area contributed by atoms with Crippen LogP contribution >= 0.6 is 0 Å². The molecule has 0 aliphatic carbocycles. The van der Waals surface area contributed by atoms with E-state index >= 15 is 0 Å². The number of nitrogens with zero attached hydrogens (tertiary/aromatic N) is 1. The van der Waals surface area contributed by atoms with E-state index in [2.05, 4.69) is 0 Å². The Hall–Kier alpha value is -1.81. The summed E-state index contributed by atoms with van der Waals surface area (Å²) in [5, 5.41) is 34.1. The van der Waals surface area contributed by atoms with Crippen molar-refractivity contribution in [1.29, 1.82) is 0 Å². The van der Waals surface area contributed by atoms with Crippen LogP contribution in [0.5, 0.6) is 0 Å². The topological polar surface area (TPSA) is 124 Å². The minimum absolute atomic E-state index is 0.0891. The Labute approximate surface area is 165 Å². The summed E-state index contributed by atoms with van der Waals surface area (Å²) < 4.78 is 22.7. The number of nitrogens with two attached hydrogens (primary N) is 1. The van der Waals surface area contributed by atoms with Gasteiger partial charge in [0.2, 0.25) is 10.0 Å².